The Morgan fingerprint density at radius 3 is 2.79 bits per heavy atom. The minimum Gasteiger partial charge on any atom is -0.371 e. The van der Waals surface area contributed by atoms with Crippen molar-refractivity contribution in [3.05, 3.63) is 47.6 Å². The van der Waals surface area contributed by atoms with Gasteiger partial charge >= 0.3 is 0 Å². The number of hydrogen-bond donors (Lipinski definition) is 1. The smallest absolute Gasteiger partial charge is 0.246 e. The third kappa shape index (κ3) is 5.06. The molecule has 130 valence electrons. The van der Waals surface area contributed by atoms with Crippen molar-refractivity contribution in [1.82, 2.24) is 20.4 Å². The fraction of sp³-hybridized carbons (Fsp3) is 0.471. The van der Waals surface area contributed by atoms with Gasteiger partial charge in [0.25, 0.3) is 0 Å². The van der Waals surface area contributed by atoms with Crippen molar-refractivity contribution in [3.63, 3.8) is 0 Å². The standard InChI is InChI=1S/C17H25N5O2/c1-5-23-13(2)16-20-15(24-21-16)11-19-17(18-3)22(4)12-14-9-7-6-8-10-14/h6-10,13H,5,11-12H2,1-4H3,(H,18,19). The van der Waals surface area contributed by atoms with Crippen LogP contribution in [0, 0.1) is 0 Å². The maximum Gasteiger partial charge on any atom is 0.246 e. The number of benzene rings is 1. The Bertz CT molecular complexity index is 641. The molecule has 7 heteroatoms. The summed E-state index contributed by atoms with van der Waals surface area (Å²) >= 11 is 0. The van der Waals surface area contributed by atoms with Crippen molar-refractivity contribution >= 4 is 5.96 Å². The summed E-state index contributed by atoms with van der Waals surface area (Å²) in [6.45, 7) is 5.62. The summed E-state index contributed by atoms with van der Waals surface area (Å²) in [6, 6.07) is 10.2. The van der Waals surface area contributed by atoms with E-state index in [2.05, 4.69) is 32.6 Å². The molecule has 24 heavy (non-hydrogen) atoms. The van der Waals surface area contributed by atoms with Crippen LogP contribution in [0.3, 0.4) is 0 Å². The lowest BCUT2D eigenvalue weighted by Crippen LogP contribution is -2.38. The van der Waals surface area contributed by atoms with Crippen LogP contribution in [0.2, 0.25) is 0 Å². The van der Waals surface area contributed by atoms with E-state index in [0.717, 1.165) is 12.5 Å². The molecule has 0 saturated carbocycles. The first-order valence-corrected chi connectivity index (χ1v) is 8.03. The molecule has 0 radical (unpaired) electrons. The molecule has 2 rings (SSSR count). The number of rotatable bonds is 7. The summed E-state index contributed by atoms with van der Waals surface area (Å²) in [7, 11) is 3.74. The van der Waals surface area contributed by atoms with E-state index < -0.39 is 0 Å². The molecule has 0 spiro atoms. The summed E-state index contributed by atoms with van der Waals surface area (Å²) < 4.78 is 10.7. The van der Waals surface area contributed by atoms with Gasteiger partial charge in [0, 0.05) is 27.2 Å². The molecule has 1 atom stereocenters. The van der Waals surface area contributed by atoms with E-state index in [4.69, 9.17) is 9.26 Å². The highest BCUT2D eigenvalue weighted by atomic mass is 16.5. The van der Waals surface area contributed by atoms with Crippen molar-refractivity contribution in [2.75, 3.05) is 20.7 Å². The zero-order valence-corrected chi connectivity index (χ0v) is 14.7. The van der Waals surface area contributed by atoms with E-state index in [1.165, 1.54) is 5.56 Å². The van der Waals surface area contributed by atoms with Crippen molar-refractivity contribution in [2.24, 2.45) is 4.99 Å². The zero-order valence-electron chi connectivity index (χ0n) is 14.7. The fourth-order valence-corrected chi connectivity index (χ4v) is 2.30. The van der Waals surface area contributed by atoms with Crippen LogP contribution in [-0.4, -0.2) is 41.7 Å². The molecule has 0 aliphatic heterocycles. The highest BCUT2D eigenvalue weighted by Crippen LogP contribution is 2.12. The number of hydrogen-bond acceptors (Lipinski definition) is 5. The van der Waals surface area contributed by atoms with Crippen molar-refractivity contribution < 1.29 is 9.26 Å². The topological polar surface area (TPSA) is 75.8 Å². The summed E-state index contributed by atoms with van der Waals surface area (Å²) in [5.41, 5.74) is 1.22. The first kappa shape index (κ1) is 17.9. The van der Waals surface area contributed by atoms with Gasteiger partial charge in [0.05, 0.1) is 6.54 Å². The van der Waals surface area contributed by atoms with Crippen LogP contribution in [0.5, 0.6) is 0 Å². The predicted molar refractivity (Wildman–Crippen MR) is 92.4 cm³/mol. The molecule has 0 aliphatic carbocycles. The van der Waals surface area contributed by atoms with Gasteiger partial charge in [-0.3, -0.25) is 4.99 Å². The van der Waals surface area contributed by atoms with Crippen LogP contribution in [0.4, 0.5) is 0 Å². The van der Waals surface area contributed by atoms with Crippen molar-refractivity contribution in [2.45, 2.75) is 33.0 Å². The fourth-order valence-electron chi connectivity index (χ4n) is 2.30. The average molecular weight is 331 g/mol. The number of aromatic nitrogens is 2. The second kappa shape index (κ2) is 9.02. The minimum atomic E-state index is -0.174. The molecule has 1 N–H and O–H groups in total. The molecule has 1 aromatic heterocycles. The van der Waals surface area contributed by atoms with Gasteiger partial charge in [-0.15, -0.1) is 0 Å². The van der Waals surface area contributed by atoms with Crippen LogP contribution in [0.25, 0.3) is 0 Å². The molecule has 0 saturated heterocycles. The summed E-state index contributed by atoms with van der Waals surface area (Å²) in [4.78, 5) is 10.7. The van der Waals surface area contributed by atoms with Gasteiger partial charge in [0.1, 0.15) is 6.10 Å². The van der Waals surface area contributed by atoms with E-state index in [9.17, 15) is 0 Å². The molecule has 1 unspecified atom stereocenters. The zero-order chi connectivity index (χ0) is 17.4. The van der Waals surface area contributed by atoms with Gasteiger partial charge in [0.15, 0.2) is 11.8 Å². The maximum atomic E-state index is 5.46. The van der Waals surface area contributed by atoms with E-state index in [1.807, 2.05) is 44.0 Å². The van der Waals surface area contributed by atoms with Gasteiger partial charge in [-0.2, -0.15) is 4.98 Å². The molecular formula is C17H25N5O2. The van der Waals surface area contributed by atoms with Gasteiger partial charge in [0.2, 0.25) is 5.89 Å². The van der Waals surface area contributed by atoms with Crippen molar-refractivity contribution in [3.8, 4) is 0 Å². The number of nitrogens with zero attached hydrogens (tertiary/aromatic N) is 4. The Kier molecular flexibility index (Phi) is 6.74. The minimum absolute atomic E-state index is 0.174. The lowest BCUT2D eigenvalue weighted by atomic mass is 10.2. The van der Waals surface area contributed by atoms with Crippen LogP contribution in [-0.2, 0) is 17.8 Å². The highest BCUT2D eigenvalue weighted by Gasteiger charge is 2.14. The Morgan fingerprint density at radius 1 is 1.38 bits per heavy atom. The van der Waals surface area contributed by atoms with Crippen LogP contribution < -0.4 is 5.32 Å². The van der Waals surface area contributed by atoms with E-state index in [1.54, 1.807) is 7.05 Å². The monoisotopic (exact) mass is 331 g/mol. The first-order chi connectivity index (χ1) is 11.6. The van der Waals surface area contributed by atoms with E-state index in [0.29, 0.717) is 24.9 Å². The molecule has 1 aromatic carbocycles. The van der Waals surface area contributed by atoms with Crippen LogP contribution in [0.15, 0.2) is 39.8 Å². The van der Waals surface area contributed by atoms with Gasteiger partial charge in [-0.05, 0) is 19.4 Å². The predicted octanol–water partition coefficient (Wildman–Crippen LogP) is 2.37. The SMILES string of the molecule is CCOC(C)c1noc(CNC(=NC)N(C)Cc2ccccc2)n1. The molecule has 0 aliphatic rings. The third-order valence-corrected chi connectivity index (χ3v) is 3.50. The average Bonchev–Trinajstić information content (AvgIpc) is 3.05. The van der Waals surface area contributed by atoms with Gasteiger partial charge in [-0.25, -0.2) is 0 Å². The second-order valence-electron chi connectivity index (χ2n) is 5.39. The first-order valence-electron chi connectivity index (χ1n) is 8.03. The van der Waals surface area contributed by atoms with E-state index in [-0.39, 0.29) is 6.10 Å². The third-order valence-electron chi connectivity index (χ3n) is 3.50. The number of aliphatic imine (C=N–C) groups is 1. The van der Waals surface area contributed by atoms with E-state index >= 15 is 0 Å². The van der Waals surface area contributed by atoms with Crippen LogP contribution >= 0.6 is 0 Å². The Morgan fingerprint density at radius 2 is 2.12 bits per heavy atom. The Balaban J connectivity index is 1.89. The number of ether oxygens (including phenoxy) is 1. The summed E-state index contributed by atoms with van der Waals surface area (Å²) in [5.74, 6) is 1.82. The normalized spacial score (nSPS) is 12.9. The largest absolute Gasteiger partial charge is 0.371 e. The molecular weight excluding hydrogens is 306 g/mol. The van der Waals surface area contributed by atoms with Gasteiger partial charge in [-0.1, -0.05) is 35.5 Å². The molecule has 2 aromatic rings. The van der Waals surface area contributed by atoms with Crippen LogP contribution in [0.1, 0.15) is 37.2 Å². The molecule has 1 heterocycles. The lowest BCUT2D eigenvalue weighted by Gasteiger charge is -2.21. The number of nitrogens with one attached hydrogen (secondary N) is 1. The summed E-state index contributed by atoms with van der Waals surface area (Å²) in [6.07, 6.45) is -0.174. The summed E-state index contributed by atoms with van der Waals surface area (Å²) in [5, 5.41) is 7.18. The lowest BCUT2D eigenvalue weighted by molar-refractivity contribution is 0.0683. The second-order valence-corrected chi connectivity index (χ2v) is 5.39. The molecule has 0 bridgehead atoms. The number of guanidine groups is 1. The molecule has 0 amide bonds. The van der Waals surface area contributed by atoms with Gasteiger partial charge < -0.3 is 19.5 Å². The maximum absolute atomic E-state index is 5.46. The Labute approximate surface area is 142 Å². The Hall–Kier alpha value is -2.41. The highest BCUT2D eigenvalue weighted by molar-refractivity contribution is 5.79. The molecule has 0 fully saturated rings. The molecule has 7 nitrogen and oxygen atoms in total. The van der Waals surface area contributed by atoms with Crippen molar-refractivity contribution in [1.29, 1.82) is 0 Å². The quantitative estimate of drug-likeness (QED) is 0.620.